The van der Waals surface area contributed by atoms with Gasteiger partial charge in [0.2, 0.25) is 0 Å². The van der Waals surface area contributed by atoms with Crippen LogP contribution in [0.5, 0.6) is 0 Å². The lowest BCUT2D eigenvalue weighted by molar-refractivity contribution is 0.137. The smallest absolute Gasteiger partial charge is 0.0307 e. The van der Waals surface area contributed by atoms with E-state index in [0.29, 0.717) is 0 Å². The summed E-state index contributed by atoms with van der Waals surface area (Å²) in [5.41, 5.74) is 10.3. The third-order valence-electron chi connectivity index (χ3n) is 4.37. The molecule has 0 spiro atoms. The van der Waals surface area contributed by atoms with Gasteiger partial charge in [-0.25, -0.2) is 0 Å². The van der Waals surface area contributed by atoms with Crippen LogP contribution in [-0.4, -0.2) is 24.5 Å². The number of nitrogens with two attached hydrogens (primary N) is 1. The summed E-state index contributed by atoms with van der Waals surface area (Å²) in [6.07, 6.45) is 2.43. The number of hydrogen-bond donors (Lipinski definition) is 1. The summed E-state index contributed by atoms with van der Waals surface area (Å²) >= 11 is 0. The summed E-state index contributed by atoms with van der Waals surface area (Å²) in [7, 11) is 0. The molecule has 3 unspecified atom stereocenters. The van der Waals surface area contributed by atoms with Gasteiger partial charge in [0.05, 0.1) is 0 Å². The zero-order chi connectivity index (χ0) is 14.7. The molecule has 0 amide bonds. The van der Waals surface area contributed by atoms with E-state index >= 15 is 0 Å². The second-order valence-corrected chi connectivity index (χ2v) is 7.02. The fraction of sp³-hybridized carbons (Fsp3) is 0.667. The summed E-state index contributed by atoms with van der Waals surface area (Å²) in [5, 5.41) is 0. The molecule has 1 heterocycles. The van der Waals surface area contributed by atoms with Crippen molar-refractivity contribution in [2.45, 2.75) is 46.6 Å². The second-order valence-electron chi connectivity index (χ2n) is 7.02. The van der Waals surface area contributed by atoms with Gasteiger partial charge in [-0.1, -0.05) is 43.2 Å². The molecule has 2 N–H and O–H groups in total. The quantitative estimate of drug-likeness (QED) is 0.907. The van der Waals surface area contributed by atoms with Crippen LogP contribution in [0.2, 0.25) is 0 Å². The minimum Gasteiger partial charge on any atom is -0.324 e. The summed E-state index contributed by atoms with van der Waals surface area (Å²) in [4.78, 5) is 2.60. The van der Waals surface area contributed by atoms with E-state index in [0.717, 1.165) is 24.8 Å². The van der Waals surface area contributed by atoms with Gasteiger partial charge in [-0.15, -0.1) is 0 Å². The predicted molar refractivity (Wildman–Crippen MR) is 86.8 cm³/mol. The van der Waals surface area contributed by atoms with Crippen LogP contribution in [0, 0.1) is 25.7 Å². The average molecular weight is 274 g/mol. The summed E-state index contributed by atoms with van der Waals surface area (Å²) in [6, 6.07) is 6.85. The van der Waals surface area contributed by atoms with Crippen molar-refractivity contribution in [3.05, 3.63) is 34.9 Å². The van der Waals surface area contributed by atoms with E-state index < -0.39 is 0 Å². The Bertz CT molecular complexity index is 411. The van der Waals surface area contributed by atoms with Gasteiger partial charge in [-0.3, -0.25) is 0 Å². The van der Waals surface area contributed by atoms with Crippen molar-refractivity contribution < 1.29 is 0 Å². The molecular formula is C18H30N2. The minimum atomic E-state index is 0.168. The number of aryl methyl sites for hydroxylation is 2. The first-order chi connectivity index (χ1) is 9.44. The molecule has 1 aromatic carbocycles. The summed E-state index contributed by atoms with van der Waals surface area (Å²) in [5.74, 6) is 1.66. The van der Waals surface area contributed by atoms with Crippen molar-refractivity contribution in [2.24, 2.45) is 17.6 Å². The molecule has 2 heteroatoms. The van der Waals surface area contributed by atoms with Gasteiger partial charge < -0.3 is 10.6 Å². The van der Waals surface area contributed by atoms with Crippen LogP contribution in [0.3, 0.4) is 0 Å². The van der Waals surface area contributed by atoms with Crippen molar-refractivity contribution in [1.29, 1.82) is 0 Å². The number of nitrogens with zero attached hydrogens (tertiary/aromatic N) is 1. The largest absolute Gasteiger partial charge is 0.324 e. The number of piperidine rings is 1. The van der Waals surface area contributed by atoms with Crippen LogP contribution in [0.1, 0.15) is 49.4 Å². The number of benzene rings is 1. The summed E-state index contributed by atoms with van der Waals surface area (Å²) < 4.78 is 0. The molecule has 1 saturated heterocycles. The lowest BCUT2D eigenvalue weighted by Crippen LogP contribution is -2.39. The molecule has 1 fully saturated rings. The topological polar surface area (TPSA) is 29.3 Å². The third kappa shape index (κ3) is 4.32. The molecule has 0 saturated carbocycles. The maximum absolute atomic E-state index is 6.39. The second kappa shape index (κ2) is 6.73. The molecule has 1 aliphatic heterocycles. The standard InChI is InChI=1S/C18H30N2/c1-13-7-14(2)10-17(9-13)18(19)5-6-20-11-15(3)8-16(4)12-20/h7,9-10,15-16,18H,5-6,8,11-12,19H2,1-4H3. The Kier molecular flexibility index (Phi) is 5.22. The maximum Gasteiger partial charge on any atom is 0.0307 e. The van der Waals surface area contributed by atoms with Crippen molar-refractivity contribution in [3.8, 4) is 0 Å². The van der Waals surface area contributed by atoms with Crippen molar-refractivity contribution >= 4 is 0 Å². The molecule has 0 bridgehead atoms. The van der Waals surface area contributed by atoms with E-state index in [9.17, 15) is 0 Å². The number of rotatable bonds is 4. The molecule has 0 aromatic heterocycles. The SMILES string of the molecule is Cc1cc(C)cc(C(N)CCN2CC(C)CC(C)C2)c1. The first-order valence-electron chi connectivity index (χ1n) is 8.00. The molecule has 112 valence electrons. The van der Waals surface area contributed by atoms with Crippen LogP contribution in [0.15, 0.2) is 18.2 Å². The lowest BCUT2D eigenvalue weighted by atomic mass is 9.91. The average Bonchev–Trinajstić information content (AvgIpc) is 2.33. The molecular weight excluding hydrogens is 244 g/mol. The molecule has 1 aliphatic rings. The van der Waals surface area contributed by atoms with Crippen LogP contribution in [0.25, 0.3) is 0 Å². The Morgan fingerprint density at radius 1 is 1.10 bits per heavy atom. The normalized spacial score (nSPS) is 25.6. The highest BCUT2D eigenvalue weighted by atomic mass is 15.1. The highest BCUT2D eigenvalue weighted by molar-refractivity contribution is 5.30. The highest BCUT2D eigenvalue weighted by Crippen LogP contribution is 2.23. The van der Waals surface area contributed by atoms with Gasteiger partial charge in [0.25, 0.3) is 0 Å². The minimum absolute atomic E-state index is 0.168. The number of likely N-dealkylation sites (tertiary alicyclic amines) is 1. The predicted octanol–water partition coefficient (Wildman–Crippen LogP) is 3.67. The van der Waals surface area contributed by atoms with E-state index in [1.54, 1.807) is 0 Å². The zero-order valence-electron chi connectivity index (χ0n) is 13.5. The highest BCUT2D eigenvalue weighted by Gasteiger charge is 2.22. The summed E-state index contributed by atoms with van der Waals surface area (Å²) in [6.45, 7) is 12.6. The first-order valence-corrected chi connectivity index (χ1v) is 8.00. The van der Waals surface area contributed by atoms with Gasteiger partial charge in [-0.05, 0) is 50.6 Å². The van der Waals surface area contributed by atoms with Crippen LogP contribution in [-0.2, 0) is 0 Å². The fourth-order valence-electron chi connectivity index (χ4n) is 3.69. The molecule has 3 atom stereocenters. The lowest BCUT2D eigenvalue weighted by Gasteiger charge is -2.35. The van der Waals surface area contributed by atoms with Gasteiger partial charge >= 0.3 is 0 Å². The van der Waals surface area contributed by atoms with E-state index in [-0.39, 0.29) is 6.04 Å². The molecule has 2 nitrogen and oxygen atoms in total. The van der Waals surface area contributed by atoms with Gasteiger partial charge in [0.15, 0.2) is 0 Å². The Hall–Kier alpha value is -0.860. The third-order valence-corrected chi connectivity index (χ3v) is 4.37. The Balaban J connectivity index is 1.89. The maximum atomic E-state index is 6.39. The van der Waals surface area contributed by atoms with Crippen LogP contribution >= 0.6 is 0 Å². The Labute approximate surface area is 124 Å². The Morgan fingerprint density at radius 2 is 1.65 bits per heavy atom. The number of hydrogen-bond acceptors (Lipinski definition) is 2. The monoisotopic (exact) mass is 274 g/mol. The van der Waals surface area contributed by atoms with Crippen molar-refractivity contribution in [1.82, 2.24) is 4.90 Å². The van der Waals surface area contributed by atoms with E-state index in [1.165, 1.54) is 36.2 Å². The molecule has 2 rings (SSSR count). The zero-order valence-corrected chi connectivity index (χ0v) is 13.5. The van der Waals surface area contributed by atoms with Gasteiger partial charge in [-0.2, -0.15) is 0 Å². The molecule has 1 aromatic rings. The van der Waals surface area contributed by atoms with E-state index in [2.05, 4.69) is 50.8 Å². The molecule has 0 aliphatic carbocycles. The van der Waals surface area contributed by atoms with Gasteiger partial charge in [0.1, 0.15) is 0 Å². The van der Waals surface area contributed by atoms with E-state index in [4.69, 9.17) is 5.73 Å². The van der Waals surface area contributed by atoms with Crippen molar-refractivity contribution in [2.75, 3.05) is 19.6 Å². The molecule has 20 heavy (non-hydrogen) atoms. The first kappa shape index (κ1) is 15.5. The van der Waals surface area contributed by atoms with Crippen LogP contribution in [0.4, 0.5) is 0 Å². The Morgan fingerprint density at radius 3 is 2.20 bits per heavy atom. The van der Waals surface area contributed by atoms with Gasteiger partial charge in [0, 0.05) is 19.1 Å². The fourth-order valence-corrected chi connectivity index (χ4v) is 3.69. The molecule has 0 radical (unpaired) electrons. The van der Waals surface area contributed by atoms with Crippen LogP contribution < -0.4 is 5.73 Å². The van der Waals surface area contributed by atoms with Crippen molar-refractivity contribution in [3.63, 3.8) is 0 Å². The van der Waals surface area contributed by atoms with E-state index in [1.807, 2.05) is 0 Å².